The van der Waals surface area contributed by atoms with Gasteiger partial charge in [0.1, 0.15) is 19.0 Å². The minimum atomic E-state index is -3.78. The molecule has 1 aromatic heterocycles. The standard InChI is InChI=1S/C10H14N6O6P/c11-8-5-9(14-2-13-8)16(3-15-5)10-6(17)7-4(20-10)1-19-23(18,21-7)22-12/h2-4,6-7,10,17H,1H2,12H3,(H2,11,13,14)/q+2/t4-,6-,7-,10-,23?/m1/s1. The molecule has 5 atom stereocenters. The average molecular weight is 345 g/mol. The number of hydrogen-bond acceptors (Lipinski definition) is 11. The summed E-state index contributed by atoms with van der Waals surface area (Å²) in [5.74, 6) is 3.67. The maximum absolute atomic E-state index is 12.0. The van der Waals surface area contributed by atoms with Crippen molar-refractivity contribution in [3.63, 3.8) is 0 Å². The van der Waals surface area contributed by atoms with E-state index in [4.69, 9.17) is 19.5 Å². The Kier molecular flexibility index (Phi) is 3.44. The first-order valence-corrected chi connectivity index (χ1v) is 8.12. The van der Waals surface area contributed by atoms with Crippen LogP contribution in [0.25, 0.3) is 0 Å². The summed E-state index contributed by atoms with van der Waals surface area (Å²) >= 11 is 0. The molecular weight excluding hydrogens is 331 g/mol. The Morgan fingerprint density at radius 3 is 3.17 bits per heavy atom. The van der Waals surface area contributed by atoms with Crippen LogP contribution < -0.4 is 26.4 Å². The Labute approximate surface area is 130 Å². The van der Waals surface area contributed by atoms with Gasteiger partial charge in [-0.3, -0.25) is 0 Å². The number of fused-ring (bicyclic) bond motifs is 2. The van der Waals surface area contributed by atoms with E-state index in [1.807, 2.05) is 0 Å². The Morgan fingerprint density at radius 2 is 2.39 bits per heavy atom. The number of aromatic nitrogens is 2. The molecule has 6 N–H and O–H groups in total. The van der Waals surface area contributed by atoms with Crippen molar-refractivity contribution in [2.45, 2.75) is 24.5 Å². The van der Waals surface area contributed by atoms with E-state index in [9.17, 15) is 10.00 Å². The van der Waals surface area contributed by atoms with Crippen LogP contribution in [-0.2, 0) is 18.4 Å². The van der Waals surface area contributed by atoms with E-state index in [1.165, 1.54) is 17.6 Å². The van der Waals surface area contributed by atoms with Crippen LogP contribution >= 0.6 is 8.17 Å². The van der Waals surface area contributed by atoms with Crippen molar-refractivity contribution < 1.29 is 34.3 Å². The van der Waals surface area contributed by atoms with Crippen molar-refractivity contribution in [1.82, 2.24) is 15.0 Å². The Morgan fingerprint density at radius 1 is 1.57 bits per heavy atom. The number of aliphatic hydroxyl groups is 1. The summed E-state index contributed by atoms with van der Waals surface area (Å²) in [6.45, 7) is -0.0607. The van der Waals surface area contributed by atoms with Crippen molar-refractivity contribution in [3.8, 4) is 0 Å². The van der Waals surface area contributed by atoms with Gasteiger partial charge in [-0.2, -0.15) is 24.8 Å². The van der Waals surface area contributed by atoms with Crippen LogP contribution in [0.5, 0.6) is 0 Å². The van der Waals surface area contributed by atoms with Crippen LogP contribution in [0.4, 0.5) is 17.3 Å². The summed E-state index contributed by atoms with van der Waals surface area (Å²) in [4.78, 5) is 25.6. The zero-order valence-electron chi connectivity index (χ0n) is 11.7. The third kappa shape index (κ3) is 2.28. The number of nitrogen functional groups attached to an aromatic ring is 1. The molecule has 0 aliphatic carbocycles. The zero-order chi connectivity index (χ0) is 16.2. The minimum absolute atomic E-state index is 0.0607. The summed E-state index contributed by atoms with van der Waals surface area (Å²) in [5, 5.41) is 10.5. The fraction of sp³-hybridized carbons (Fsp3) is 0.500. The Balaban J connectivity index is 1.59. The van der Waals surface area contributed by atoms with Gasteiger partial charge in [0.15, 0.2) is 18.0 Å². The van der Waals surface area contributed by atoms with Crippen molar-refractivity contribution >= 4 is 31.8 Å². The van der Waals surface area contributed by atoms with Crippen LogP contribution in [0.3, 0.4) is 0 Å². The first-order chi connectivity index (χ1) is 11.0. The van der Waals surface area contributed by atoms with Crippen LogP contribution in [0, 0.1) is 0 Å². The lowest BCUT2D eigenvalue weighted by Crippen LogP contribution is -2.54. The van der Waals surface area contributed by atoms with Gasteiger partial charge in [-0.15, -0.1) is 0 Å². The molecule has 1 aromatic rings. The number of aliphatic hydroxyl groups excluding tert-OH is 1. The number of nitrogens with zero attached hydrogens (tertiary/aromatic N) is 4. The van der Waals surface area contributed by atoms with Gasteiger partial charge < -0.3 is 20.5 Å². The molecule has 12 nitrogen and oxygen atoms in total. The average Bonchev–Trinajstić information content (AvgIpc) is 3.10. The lowest BCUT2D eigenvalue weighted by atomic mass is 10.1. The zero-order valence-corrected chi connectivity index (χ0v) is 12.6. The highest BCUT2D eigenvalue weighted by Gasteiger charge is 2.61. The van der Waals surface area contributed by atoms with E-state index in [2.05, 4.69) is 25.5 Å². The monoisotopic (exact) mass is 345 g/mol. The molecule has 4 rings (SSSR count). The predicted octanol–water partition coefficient (Wildman–Crippen LogP) is -3.41. The number of rotatable bonds is 2. The van der Waals surface area contributed by atoms with Crippen molar-refractivity contribution in [2.24, 2.45) is 0 Å². The molecule has 3 aliphatic rings. The number of phosphoric ester groups is 1. The quantitative estimate of drug-likeness (QED) is 0.361. The molecule has 2 saturated heterocycles. The number of nitrogens with two attached hydrogens (primary N) is 1. The van der Waals surface area contributed by atoms with Crippen molar-refractivity contribution in [3.05, 3.63) is 6.33 Å². The molecule has 2 fully saturated rings. The SMILES string of the molecule is Nc1ncnc2c1[N+]=CN2[C@@H]1O[C@@H]2CO[P+]([O-])(O[NH3+])O[C@H]2[C@H]1O. The second kappa shape index (κ2) is 5.26. The van der Waals surface area contributed by atoms with Gasteiger partial charge >= 0.3 is 8.17 Å². The Bertz CT molecular complexity index is 665. The van der Waals surface area contributed by atoms with Gasteiger partial charge in [-0.25, -0.2) is 4.98 Å². The predicted molar refractivity (Wildman–Crippen MR) is 73.2 cm³/mol. The number of quaternary nitrogens is 1. The normalized spacial score (nSPS) is 38.7. The van der Waals surface area contributed by atoms with E-state index in [-0.39, 0.29) is 12.4 Å². The second-order valence-corrected chi connectivity index (χ2v) is 6.70. The maximum Gasteiger partial charge on any atom is 0.449 e. The molecule has 0 bridgehead atoms. The third-order valence-corrected chi connectivity index (χ3v) is 5.06. The topological polar surface area (TPSA) is 177 Å². The molecule has 23 heavy (non-hydrogen) atoms. The molecule has 4 heterocycles. The molecule has 123 valence electrons. The van der Waals surface area contributed by atoms with Crippen LogP contribution in [-0.4, -0.2) is 52.6 Å². The molecule has 1 radical (unpaired) electrons. The summed E-state index contributed by atoms with van der Waals surface area (Å²) in [7, 11) is -3.78. The van der Waals surface area contributed by atoms with Gasteiger partial charge in [0.2, 0.25) is 6.23 Å². The first kappa shape index (κ1) is 15.1. The highest BCUT2D eigenvalue weighted by molar-refractivity contribution is 7.53. The third-order valence-electron chi connectivity index (χ3n) is 3.78. The number of anilines is 2. The van der Waals surface area contributed by atoms with E-state index in [1.54, 1.807) is 0 Å². The molecule has 0 amide bonds. The van der Waals surface area contributed by atoms with E-state index < -0.39 is 32.7 Å². The van der Waals surface area contributed by atoms with Crippen molar-refractivity contribution in [1.29, 1.82) is 0 Å². The smallest absolute Gasteiger partial charge is 0.449 e. The van der Waals surface area contributed by atoms with E-state index in [0.29, 0.717) is 11.5 Å². The first-order valence-electron chi connectivity index (χ1n) is 6.66. The lowest BCUT2D eigenvalue weighted by molar-refractivity contribution is -0.657. The summed E-state index contributed by atoms with van der Waals surface area (Å²) < 4.78 is 20.4. The lowest BCUT2D eigenvalue weighted by Gasteiger charge is -2.30. The molecule has 0 aromatic carbocycles. The largest absolute Gasteiger partial charge is 0.601 e. The fourth-order valence-corrected chi connectivity index (χ4v) is 3.77. The molecule has 3 aliphatic heterocycles. The number of ether oxygens (including phenoxy) is 1. The van der Waals surface area contributed by atoms with Gasteiger partial charge in [-0.1, -0.05) is 0 Å². The summed E-state index contributed by atoms with van der Waals surface area (Å²) in [6, 6.07) is 0. The highest BCUT2D eigenvalue weighted by Crippen LogP contribution is 2.57. The fourth-order valence-electron chi connectivity index (χ4n) is 2.68. The summed E-state index contributed by atoms with van der Waals surface area (Å²) in [6.07, 6.45) is -0.791. The second-order valence-electron chi connectivity index (χ2n) is 5.08. The number of hydrogen-bond donors (Lipinski definition) is 3. The number of phosphoric acid groups is 1. The molecule has 1 unspecified atom stereocenters. The maximum atomic E-state index is 12.0. The highest BCUT2D eigenvalue weighted by atomic mass is 31.2. The summed E-state index contributed by atoms with van der Waals surface area (Å²) in [5.41, 5.74) is 6.13. The molecule has 13 heteroatoms. The van der Waals surface area contributed by atoms with Crippen LogP contribution in [0.1, 0.15) is 0 Å². The molecular formula is C10H14N6O6P+2. The molecule has 0 saturated carbocycles. The van der Waals surface area contributed by atoms with E-state index in [0.717, 1.165) is 0 Å². The van der Waals surface area contributed by atoms with Crippen molar-refractivity contribution in [2.75, 3.05) is 17.2 Å². The van der Waals surface area contributed by atoms with Gasteiger partial charge in [0, 0.05) is 0 Å². The van der Waals surface area contributed by atoms with Crippen LogP contribution in [0.2, 0.25) is 0 Å². The van der Waals surface area contributed by atoms with E-state index >= 15 is 0 Å². The van der Waals surface area contributed by atoms with Gasteiger partial charge in [-0.05, 0) is 9.62 Å². The van der Waals surface area contributed by atoms with Gasteiger partial charge in [0.25, 0.3) is 17.8 Å². The van der Waals surface area contributed by atoms with Crippen LogP contribution in [0.15, 0.2) is 6.33 Å². The minimum Gasteiger partial charge on any atom is -0.601 e. The molecule has 0 spiro atoms. The van der Waals surface area contributed by atoms with Gasteiger partial charge in [0.05, 0.1) is 0 Å². The Hall–Kier alpha value is -1.50. The number of aliphatic imine (C=N–C) groups is 1.